The minimum absolute atomic E-state index is 0.287. The zero-order valence-corrected chi connectivity index (χ0v) is 16.5. The molecule has 0 saturated carbocycles. The average Bonchev–Trinajstić information content (AvgIpc) is 3.26. The molecule has 1 aliphatic heterocycles. The number of hydrogen-bond donors (Lipinski definition) is 2. The quantitative estimate of drug-likeness (QED) is 0.674. The summed E-state index contributed by atoms with van der Waals surface area (Å²) < 4.78 is 7.78. The van der Waals surface area contributed by atoms with Crippen LogP contribution in [0.15, 0.2) is 54.7 Å². The fourth-order valence-corrected chi connectivity index (χ4v) is 3.40. The Morgan fingerprint density at radius 2 is 2.00 bits per heavy atom. The lowest BCUT2D eigenvalue weighted by atomic mass is 10.1. The minimum Gasteiger partial charge on any atom is -0.487 e. The third-order valence-electron chi connectivity index (χ3n) is 5.05. The van der Waals surface area contributed by atoms with Gasteiger partial charge in [-0.2, -0.15) is 0 Å². The highest BCUT2D eigenvalue weighted by Gasteiger charge is 2.19. The number of nitrogens with zero attached hydrogens (tertiary/aromatic N) is 3. The van der Waals surface area contributed by atoms with Gasteiger partial charge in [-0.05, 0) is 56.1 Å². The second-order valence-electron chi connectivity index (χ2n) is 7.29. The van der Waals surface area contributed by atoms with E-state index in [9.17, 15) is 4.79 Å². The topological polar surface area (TPSA) is 81.1 Å². The number of carbonyl (C=O) groups excluding carboxylic acids is 1. The van der Waals surface area contributed by atoms with E-state index in [0.717, 1.165) is 37.1 Å². The first-order valence-corrected chi connectivity index (χ1v) is 9.90. The van der Waals surface area contributed by atoms with E-state index in [1.165, 1.54) is 0 Å². The minimum atomic E-state index is -0.293. The van der Waals surface area contributed by atoms with Gasteiger partial charge in [-0.25, -0.2) is 4.68 Å². The average molecular weight is 391 g/mol. The van der Waals surface area contributed by atoms with Crippen LogP contribution in [-0.4, -0.2) is 34.0 Å². The summed E-state index contributed by atoms with van der Waals surface area (Å²) in [5.74, 6) is 0.339. The van der Waals surface area contributed by atoms with Crippen molar-refractivity contribution in [2.24, 2.45) is 0 Å². The number of aromatic nitrogens is 3. The van der Waals surface area contributed by atoms with Crippen molar-refractivity contribution in [2.75, 3.05) is 18.4 Å². The molecule has 0 aliphatic carbocycles. The van der Waals surface area contributed by atoms with Crippen LogP contribution < -0.4 is 15.4 Å². The number of anilines is 1. The maximum absolute atomic E-state index is 12.7. The largest absolute Gasteiger partial charge is 0.487 e. The highest BCUT2D eigenvalue weighted by molar-refractivity contribution is 6.03. The van der Waals surface area contributed by atoms with Gasteiger partial charge in [0.25, 0.3) is 5.91 Å². The van der Waals surface area contributed by atoms with Crippen LogP contribution >= 0.6 is 0 Å². The van der Waals surface area contributed by atoms with Crippen LogP contribution in [-0.2, 0) is 6.61 Å². The monoisotopic (exact) mass is 391 g/mol. The Kier molecular flexibility index (Phi) is 5.86. The molecule has 0 unspecified atom stereocenters. The first-order valence-electron chi connectivity index (χ1n) is 9.90. The van der Waals surface area contributed by atoms with E-state index in [1.807, 2.05) is 55.5 Å². The summed E-state index contributed by atoms with van der Waals surface area (Å²) in [6.45, 7) is 4.33. The molecule has 150 valence electrons. The molecule has 4 rings (SSSR count). The van der Waals surface area contributed by atoms with Crippen LogP contribution in [0, 0.1) is 6.92 Å². The number of ether oxygens (including phenoxy) is 1. The summed E-state index contributed by atoms with van der Waals surface area (Å²) in [6, 6.07) is 15.9. The highest BCUT2D eigenvalue weighted by atomic mass is 16.5. The number of aryl methyl sites for hydroxylation is 1. The van der Waals surface area contributed by atoms with Crippen LogP contribution in [0.2, 0.25) is 0 Å². The first kappa shape index (κ1) is 19.1. The number of benzene rings is 2. The van der Waals surface area contributed by atoms with Crippen LogP contribution in [0.5, 0.6) is 5.75 Å². The third-order valence-corrected chi connectivity index (χ3v) is 5.05. The Balaban J connectivity index is 1.45. The predicted molar refractivity (Wildman–Crippen MR) is 111 cm³/mol. The van der Waals surface area contributed by atoms with Gasteiger partial charge in [0.1, 0.15) is 12.4 Å². The second-order valence-corrected chi connectivity index (χ2v) is 7.29. The van der Waals surface area contributed by atoms with Gasteiger partial charge in [-0.3, -0.25) is 4.79 Å². The van der Waals surface area contributed by atoms with Crippen molar-refractivity contribution in [3.8, 4) is 5.75 Å². The zero-order chi connectivity index (χ0) is 20.1. The Bertz CT molecular complexity index is 964. The molecule has 1 aliphatic rings. The smallest absolute Gasteiger partial charge is 0.277 e. The molecule has 0 atom stereocenters. The summed E-state index contributed by atoms with van der Waals surface area (Å²) in [7, 11) is 0. The molecule has 1 fully saturated rings. The summed E-state index contributed by atoms with van der Waals surface area (Å²) in [6.07, 6.45) is 3.70. The molecule has 1 aromatic heterocycles. The molecule has 0 spiro atoms. The number of carbonyl (C=O) groups is 1. The molecule has 2 N–H and O–H groups in total. The number of hydrogen-bond acceptors (Lipinski definition) is 5. The molecule has 0 radical (unpaired) electrons. The van der Waals surface area contributed by atoms with Crippen molar-refractivity contribution in [3.05, 3.63) is 71.5 Å². The number of piperidine rings is 1. The summed E-state index contributed by atoms with van der Waals surface area (Å²) in [5, 5.41) is 14.5. The standard InChI is InChI=1S/C22H25N5O2/c1-16-7-8-19(21(13-16)29-15-17-5-3-2-4-6-17)24-22(28)20-14-27(26-25-20)18-9-11-23-12-10-18/h2-8,13-14,18,23H,9-12,15H2,1H3,(H,24,28). The Hall–Kier alpha value is -3.19. The van der Waals surface area contributed by atoms with Gasteiger partial charge in [-0.15, -0.1) is 5.10 Å². The van der Waals surface area contributed by atoms with Crippen molar-refractivity contribution in [3.63, 3.8) is 0 Å². The summed E-state index contributed by atoms with van der Waals surface area (Å²) in [4.78, 5) is 12.7. The fraction of sp³-hybridized carbons (Fsp3) is 0.318. The van der Waals surface area contributed by atoms with E-state index >= 15 is 0 Å². The van der Waals surface area contributed by atoms with Crippen LogP contribution in [0.3, 0.4) is 0 Å². The van der Waals surface area contributed by atoms with E-state index in [-0.39, 0.29) is 11.9 Å². The van der Waals surface area contributed by atoms with Gasteiger partial charge < -0.3 is 15.4 Å². The van der Waals surface area contributed by atoms with Gasteiger partial charge in [0.15, 0.2) is 5.69 Å². The van der Waals surface area contributed by atoms with E-state index in [1.54, 1.807) is 10.9 Å². The van der Waals surface area contributed by atoms with Crippen molar-refractivity contribution < 1.29 is 9.53 Å². The molecular weight excluding hydrogens is 366 g/mol. The number of nitrogens with one attached hydrogen (secondary N) is 2. The zero-order valence-electron chi connectivity index (χ0n) is 16.5. The van der Waals surface area contributed by atoms with Gasteiger partial charge in [0.2, 0.25) is 0 Å². The van der Waals surface area contributed by atoms with Crippen molar-refractivity contribution in [1.82, 2.24) is 20.3 Å². The molecular formula is C22H25N5O2. The lowest BCUT2D eigenvalue weighted by Crippen LogP contribution is -2.29. The predicted octanol–water partition coefficient (Wildman–Crippen LogP) is 3.34. The van der Waals surface area contributed by atoms with Gasteiger partial charge in [0, 0.05) is 0 Å². The lowest BCUT2D eigenvalue weighted by molar-refractivity contribution is 0.102. The van der Waals surface area contributed by atoms with Crippen LogP contribution in [0.4, 0.5) is 5.69 Å². The first-order chi connectivity index (χ1) is 14.2. The maximum atomic E-state index is 12.7. The van der Waals surface area contributed by atoms with Crippen molar-refractivity contribution in [1.29, 1.82) is 0 Å². The summed E-state index contributed by atoms with van der Waals surface area (Å²) in [5.41, 5.74) is 3.05. The van der Waals surface area contributed by atoms with E-state index in [4.69, 9.17) is 4.74 Å². The maximum Gasteiger partial charge on any atom is 0.277 e. The van der Waals surface area contributed by atoms with E-state index in [0.29, 0.717) is 23.7 Å². The molecule has 2 aromatic carbocycles. The van der Waals surface area contributed by atoms with Gasteiger partial charge in [-0.1, -0.05) is 41.6 Å². The molecule has 1 saturated heterocycles. The third kappa shape index (κ3) is 4.81. The van der Waals surface area contributed by atoms with Crippen molar-refractivity contribution >= 4 is 11.6 Å². The molecule has 1 amide bonds. The van der Waals surface area contributed by atoms with Gasteiger partial charge in [0.05, 0.1) is 17.9 Å². The molecule has 2 heterocycles. The second kappa shape index (κ2) is 8.87. The molecule has 0 bridgehead atoms. The molecule has 29 heavy (non-hydrogen) atoms. The van der Waals surface area contributed by atoms with E-state index < -0.39 is 0 Å². The summed E-state index contributed by atoms with van der Waals surface area (Å²) >= 11 is 0. The SMILES string of the molecule is Cc1ccc(NC(=O)c2cn(C3CCNCC3)nn2)c(OCc2ccccc2)c1. The van der Waals surface area contributed by atoms with E-state index in [2.05, 4.69) is 20.9 Å². The molecule has 3 aromatic rings. The van der Waals surface area contributed by atoms with Crippen LogP contribution in [0.1, 0.15) is 40.5 Å². The lowest BCUT2D eigenvalue weighted by Gasteiger charge is -2.22. The molecule has 7 heteroatoms. The number of amides is 1. The van der Waals surface area contributed by atoms with Crippen LogP contribution in [0.25, 0.3) is 0 Å². The fourth-order valence-electron chi connectivity index (χ4n) is 3.40. The van der Waals surface area contributed by atoms with Gasteiger partial charge >= 0.3 is 0 Å². The Labute approximate surface area is 170 Å². The normalized spacial score (nSPS) is 14.5. The molecule has 7 nitrogen and oxygen atoms in total. The highest BCUT2D eigenvalue weighted by Crippen LogP contribution is 2.27. The van der Waals surface area contributed by atoms with Crippen molar-refractivity contribution in [2.45, 2.75) is 32.4 Å². The number of rotatable bonds is 6. The Morgan fingerprint density at radius 1 is 1.21 bits per heavy atom. The Morgan fingerprint density at radius 3 is 2.79 bits per heavy atom.